The van der Waals surface area contributed by atoms with Gasteiger partial charge in [0.15, 0.2) is 11.5 Å². The fraction of sp³-hybridized carbons (Fsp3) is 0.182. The molecule has 0 saturated carbocycles. The number of hydrogen-bond donors (Lipinski definition) is 1. The summed E-state index contributed by atoms with van der Waals surface area (Å²) >= 11 is 12.1. The SMILES string of the molecule is COc1cc(C[NH2+]Cc2ccccc2)ccc1OCc1ccc(Cl)cc1Cl. The second-order valence-electron chi connectivity index (χ2n) is 6.19. The normalized spacial score (nSPS) is 10.6. The Morgan fingerprint density at radius 3 is 2.33 bits per heavy atom. The Balaban J connectivity index is 1.60. The summed E-state index contributed by atoms with van der Waals surface area (Å²) in [4.78, 5) is 0. The molecule has 0 bridgehead atoms. The Hall–Kier alpha value is -2.20. The molecule has 3 aromatic rings. The number of nitrogens with two attached hydrogens (primary N) is 1. The van der Waals surface area contributed by atoms with Crippen LogP contribution in [-0.2, 0) is 19.7 Å². The van der Waals surface area contributed by atoms with E-state index < -0.39 is 0 Å². The average Bonchev–Trinajstić information content (AvgIpc) is 2.68. The van der Waals surface area contributed by atoms with Crippen molar-refractivity contribution < 1.29 is 14.8 Å². The second-order valence-corrected chi connectivity index (χ2v) is 7.04. The maximum Gasteiger partial charge on any atom is 0.161 e. The summed E-state index contributed by atoms with van der Waals surface area (Å²) in [6, 6.07) is 21.8. The van der Waals surface area contributed by atoms with Crippen molar-refractivity contribution in [3.8, 4) is 11.5 Å². The number of hydrogen-bond acceptors (Lipinski definition) is 2. The standard InChI is InChI=1S/C22H21Cl2NO2/c1-26-22-11-17(14-25-13-16-5-3-2-4-6-16)7-10-21(22)27-15-18-8-9-19(23)12-20(18)24/h2-12,25H,13-15H2,1H3/p+1. The molecule has 0 aromatic heterocycles. The first kappa shape index (κ1) is 19.6. The van der Waals surface area contributed by atoms with Gasteiger partial charge in [-0.25, -0.2) is 0 Å². The maximum atomic E-state index is 6.20. The number of ether oxygens (including phenoxy) is 2. The van der Waals surface area contributed by atoms with Gasteiger partial charge in [-0.3, -0.25) is 0 Å². The molecular formula is C22H22Cl2NO2+. The minimum Gasteiger partial charge on any atom is -0.493 e. The van der Waals surface area contributed by atoms with E-state index in [1.54, 1.807) is 19.2 Å². The molecule has 27 heavy (non-hydrogen) atoms. The maximum absolute atomic E-state index is 6.20. The van der Waals surface area contributed by atoms with Crippen molar-refractivity contribution in [3.63, 3.8) is 0 Å². The Labute approximate surface area is 169 Å². The third kappa shape index (κ3) is 5.64. The number of halogens is 2. The van der Waals surface area contributed by atoms with Crippen molar-refractivity contribution in [1.29, 1.82) is 0 Å². The van der Waals surface area contributed by atoms with Crippen LogP contribution < -0.4 is 14.8 Å². The third-order valence-corrected chi connectivity index (χ3v) is 4.82. The van der Waals surface area contributed by atoms with Gasteiger partial charge in [0.2, 0.25) is 0 Å². The highest BCUT2D eigenvalue weighted by Gasteiger charge is 2.09. The van der Waals surface area contributed by atoms with Gasteiger partial charge in [-0.2, -0.15) is 0 Å². The van der Waals surface area contributed by atoms with Gasteiger partial charge in [-0.05, 0) is 30.3 Å². The van der Waals surface area contributed by atoms with E-state index in [-0.39, 0.29) is 0 Å². The molecule has 2 N–H and O–H groups in total. The summed E-state index contributed by atoms with van der Waals surface area (Å²) in [7, 11) is 1.65. The van der Waals surface area contributed by atoms with Crippen molar-refractivity contribution >= 4 is 23.2 Å². The van der Waals surface area contributed by atoms with Crippen molar-refractivity contribution in [3.05, 3.63) is 93.5 Å². The lowest BCUT2D eigenvalue weighted by Crippen LogP contribution is -2.80. The molecule has 0 radical (unpaired) electrons. The molecule has 0 fully saturated rings. The predicted octanol–water partition coefficient (Wildman–Crippen LogP) is 4.84. The summed E-state index contributed by atoms with van der Waals surface area (Å²) < 4.78 is 11.4. The third-order valence-electron chi connectivity index (χ3n) is 4.23. The van der Waals surface area contributed by atoms with E-state index in [1.807, 2.05) is 24.3 Å². The second kappa shape index (κ2) is 9.65. The number of benzene rings is 3. The first-order valence-corrected chi connectivity index (χ1v) is 9.50. The van der Waals surface area contributed by atoms with Crippen LogP contribution in [0.3, 0.4) is 0 Å². The van der Waals surface area contributed by atoms with Crippen LogP contribution in [0.2, 0.25) is 10.0 Å². The summed E-state index contributed by atoms with van der Waals surface area (Å²) in [5.74, 6) is 1.40. The van der Waals surface area contributed by atoms with Gasteiger partial charge in [0.1, 0.15) is 19.7 Å². The molecule has 0 spiro atoms. The molecule has 0 aliphatic heterocycles. The van der Waals surface area contributed by atoms with E-state index >= 15 is 0 Å². The molecular weight excluding hydrogens is 381 g/mol. The Morgan fingerprint density at radius 2 is 1.59 bits per heavy atom. The first-order valence-electron chi connectivity index (χ1n) is 8.75. The number of rotatable bonds is 8. The van der Waals surface area contributed by atoms with Gasteiger partial charge in [0, 0.05) is 26.7 Å². The quantitative estimate of drug-likeness (QED) is 0.584. The molecule has 3 aromatic carbocycles. The lowest BCUT2D eigenvalue weighted by atomic mass is 10.2. The van der Waals surface area contributed by atoms with Crippen molar-refractivity contribution in [2.45, 2.75) is 19.7 Å². The van der Waals surface area contributed by atoms with E-state index in [0.29, 0.717) is 28.2 Å². The zero-order chi connectivity index (χ0) is 19.1. The highest BCUT2D eigenvalue weighted by atomic mass is 35.5. The van der Waals surface area contributed by atoms with Gasteiger partial charge in [0.05, 0.1) is 7.11 Å². The van der Waals surface area contributed by atoms with E-state index in [2.05, 4.69) is 35.6 Å². The van der Waals surface area contributed by atoms with Gasteiger partial charge >= 0.3 is 0 Å². The summed E-state index contributed by atoms with van der Waals surface area (Å²) in [5.41, 5.74) is 3.37. The monoisotopic (exact) mass is 402 g/mol. The molecule has 0 saturated heterocycles. The molecule has 140 valence electrons. The van der Waals surface area contributed by atoms with Gasteiger partial charge in [-0.1, -0.05) is 59.6 Å². The Morgan fingerprint density at radius 1 is 0.815 bits per heavy atom. The molecule has 0 atom stereocenters. The summed E-state index contributed by atoms with van der Waals surface area (Å²) in [6.45, 7) is 2.16. The molecule has 0 aliphatic carbocycles. The largest absolute Gasteiger partial charge is 0.493 e. The zero-order valence-corrected chi connectivity index (χ0v) is 16.6. The fourth-order valence-corrected chi connectivity index (χ4v) is 3.24. The van der Waals surface area contributed by atoms with E-state index in [4.69, 9.17) is 32.7 Å². The van der Waals surface area contributed by atoms with Crippen molar-refractivity contribution in [2.75, 3.05) is 7.11 Å². The highest BCUT2D eigenvalue weighted by Crippen LogP contribution is 2.30. The smallest absolute Gasteiger partial charge is 0.161 e. The number of methoxy groups -OCH3 is 1. The topological polar surface area (TPSA) is 35.1 Å². The fourth-order valence-electron chi connectivity index (χ4n) is 2.77. The van der Waals surface area contributed by atoms with E-state index in [1.165, 1.54) is 11.1 Å². The highest BCUT2D eigenvalue weighted by molar-refractivity contribution is 6.35. The van der Waals surface area contributed by atoms with E-state index in [0.717, 1.165) is 18.7 Å². The molecule has 0 aliphatic rings. The van der Waals surface area contributed by atoms with Crippen LogP contribution in [0.5, 0.6) is 11.5 Å². The van der Waals surface area contributed by atoms with Crippen LogP contribution >= 0.6 is 23.2 Å². The molecule has 3 rings (SSSR count). The minimum absolute atomic E-state index is 0.353. The van der Waals surface area contributed by atoms with Gasteiger partial charge in [0.25, 0.3) is 0 Å². The molecule has 0 heterocycles. The van der Waals surface area contributed by atoms with Crippen LogP contribution in [0.25, 0.3) is 0 Å². The molecule has 0 amide bonds. The molecule has 0 unspecified atom stereocenters. The van der Waals surface area contributed by atoms with Crippen LogP contribution in [0.4, 0.5) is 0 Å². The predicted molar refractivity (Wildman–Crippen MR) is 110 cm³/mol. The molecule has 3 nitrogen and oxygen atoms in total. The van der Waals surface area contributed by atoms with Crippen LogP contribution in [0.1, 0.15) is 16.7 Å². The summed E-state index contributed by atoms with van der Waals surface area (Å²) in [5, 5.41) is 3.46. The van der Waals surface area contributed by atoms with Crippen molar-refractivity contribution in [1.82, 2.24) is 0 Å². The van der Waals surface area contributed by atoms with Gasteiger partial charge in [-0.15, -0.1) is 0 Å². The lowest BCUT2D eigenvalue weighted by Gasteiger charge is -2.13. The zero-order valence-electron chi connectivity index (χ0n) is 15.1. The van der Waals surface area contributed by atoms with Gasteiger partial charge < -0.3 is 14.8 Å². The van der Waals surface area contributed by atoms with Crippen LogP contribution in [0.15, 0.2) is 66.7 Å². The average molecular weight is 403 g/mol. The lowest BCUT2D eigenvalue weighted by molar-refractivity contribution is -0.686. The Bertz CT molecular complexity index is 885. The van der Waals surface area contributed by atoms with Crippen molar-refractivity contribution in [2.24, 2.45) is 0 Å². The molecule has 5 heteroatoms. The first-order chi connectivity index (χ1) is 13.2. The minimum atomic E-state index is 0.353. The number of quaternary nitrogens is 1. The van der Waals surface area contributed by atoms with Crippen LogP contribution in [0, 0.1) is 0 Å². The van der Waals surface area contributed by atoms with Crippen LogP contribution in [-0.4, -0.2) is 7.11 Å². The summed E-state index contributed by atoms with van der Waals surface area (Å²) in [6.07, 6.45) is 0. The van der Waals surface area contributed by atoms with E-state index in [9.17, 15) is 0 Å². The Kier molecular flexibility index (Phi) is 6.99.